The summed E-state index contributed by atoms with van der Waals surface area (Å²) in [7, 11) is 0. The summed E-state index contributed by atoms with van der Waals surface area (Å²) in [6, 6.07) is 5.96. The van der Waals surface area contributed by atoms with Gasteiger partial charge in [0, 0.05) is 29.6 Å². The molecule has 0 bridgehead atoms. The van der Waals surface area contributed by atoms with Crippen molar-refractivity contribution in [2.45, 2.75) is 26.2 Å². The summed E-state index contributed by atoms with van der Waals surface area (Å²) in [5.74, 6) is 0.882. The van der Waals surface area contributed by atoms with Crippen molar-refractivity contribution in [3.63, 3.8) is 0 Å². The second kappa shape index (κ2) is 8.45. The molecule has 1 aliphatic rings. The Hall–Kier alpha value is -2.69. The number of thiophene rings is 1. The molecule has 1 atom stereocenters. The van der Waals surface area contributed by atoms with E-state index < -0.39 is 0 Å². The van der Waals surface area contributed by atoms with Gasteiger partial charge in [-0.15, -0.1) is 16.4 Å². The van der Waals surface area contributed by atoms with Crippen LogP contribution in [0.25, 0.3) is 20.4 Å². The third-order valence-electron chi connectivity index (χ3n) is 5.77. The van der Waals surface area contributed by atoms with Crippen LogP contribution >= 0.6 is 22.9 Å². The van der Waals surface area contributed by atoms with Gasteiger partial charge in [0.05, 0.1) is 16.7 Å². The lowest BCUT2D eigenvalue weighted by Crippen LogP contribution is -2.39. The Morgan fingerprint density at radius 2 is 2.26 bits per heavy atom. The summed E-state index contributed by atoms with van der Waals surface area (Å²) < 4.78 is 5.02. The summed E-state index contributed by atoms with van der Waals surface area (Å²) in [5, 5.41) is 17.8. The van der Waals surface area contributed by atoms with Crippen LogP contribution in [0.2, 0.25) is 0 Å². The second-order valence-corrected chi connectivity index (χ2v) is 9.44. The van der Waals surface area contributed by atoms with E-state index >= 15 is 0 Å². The van der Waals surface area contributed by atoms with Crippen LogP contribution in [0.1, 0.15) is 23.8 Å². The Bertz CT molecular complexity index is 1250. The highest BCUT2D eigenvalue weighted by Gasteiger charge is 2.31. The van der Waals surface area contributed by atoms with Crippen LogP contribution in [0, 0.1) is 5.92 Å². The number of carbonyl (C=O) groups is 1. The van der Waals surface area contributed by atoms with Gasteiger partial charge < -0.3 is 15.3 Å². The van der Waals surface area contributed by atoms with E-state index in [4.69, 9.17) is 0 Å². The number of rotatable bonds is 6. The molecule has 0 saturated heterocycles. The molecular formula is C21H22N6O2S2. The number of hydrogen-bond donors (Lipinski definition) is 2. The van der Waals surface area contributed by atoms with Crippen molar-refractivity contribution in [1.82, 2.24) is 24.5 Å². The second-order valence-electron chi connectivity index (χ2n) is 7.57. The van der Waals surface area contributed by atoms with Crippen molar-refractivity contribution < 1.29 is 9.90 Å². The molecule has 1 aromatic carbocycles. The highest BCUT2D eigenvalue weighted by atomic mass is 32.1. The van der Waals surface area contributed by atoms with E-state index in [1.807, 2.05) is 25.1 Å². The number of aliphatic hydroxyl groups excluding tert-OH is 1. The Labute approximate surface area is 187 Å². The van der Waals surface area contributed by atoms with Crippen LogP contribution in [0.15, 0.2) is 24.5 Å². The Kier molecular flexibility index (Phi) is 5.51. The van der Waals surface area contributed by atoms with Crippen LogP contribution in [0.4, 0.5) is 11.5 Å². The largest absolute Gasteiger partial charge is 0.395 e. The normalized spacial score (nSPS) is 15.9. The van der Waals surface area contributed by atoms with Crippen molar-refractivity contribution in [2.75, 3.05) is 25.0 Å². The van der Waals surface area contributed by atoms with Crippen molar-refractivity contribution in [3.05, 3.63) is 35.0 Å². The fraction of sp³-hybridized carbons (Fsp3) is 0.381. The number of hydrogen-bond acceptors (Lipinski definition) is 9. The first-order chi connectivity index (χ1) is 15.2. The average molecular weight is 455 g/mol. The maximum atomic E-state index is 12.9. The highest BCUT2D eigenvalue weighted by Crippen LogP contribution is 2.41. The van der Waals surface area contributed by atoms with E-state index in [0.29, 0.717) is 13.1 Å². The minimum absolute atomic E-state index is 0.00551. The molecule has 0 radical (unpaired) electrons. The Morgan fingerprint density at radius 1 is 1.35 bits per heavy atom. The molecule has 5 rings (SSSR count). The number of aliphatic hydroxyl groups is 1. The van der Waals surface area contributed by atoms with Gasteiger partial charge >= 0.3 is 0 Å². The molecule has 31 heavy (non-hydrogen) atoms. The summed E-state index contributed by atoms with van der Waals surface area (Å²) in [6.45, 7) is 2.96. The van der Waals surface area contributed by atoms with Crippen molar-refractivity contribution in [3.8, 4) is 0 Å². The molecule has 0 saturated carbocycles. The number of carbonyl (C=O) groups excluding carboxylic acids is 1. The molecule has 1 amide bonds. The number of anilines is 2. The number of nitrogens with one attached hydrogen (secondary N) is 1. The molecule has 3 aromatic heterocycles. The SMILES string of the molecule is CCN(CCO)C(=O)[C@H]1CCc2c(sc3ncnc(Nc4ccc5nnsc5c4)c23)C1. The molecule has 0 aliphatic heterocycles. The molecule has 10 heteroatoms. The molecule has 2 N–H and O–H groups in total. The number of aromatic nitrogens is 4. The van der Waals surface area contributed by atoms with Crippen LogP contribution < -0.4 is 5.32 Å². The van der Waals surface area contributed by atoms with Gasteiger partial charge in [-0.1, -0.05) is 4.49 Å². The van der Waals surface area contributed by atoms with Crippen molar-refractivity contribution in [2.24, 2.45) is 5.92 Å². The number of aryl methyl sites for hydroxylation is 1. The van der Waals surface area contributed by atoms with E-state index in [-0.39, 0.29) is 18.4 Å². The molecule has 3 heterocycles. The zero-order valence-electron chi connectivity index (χ0n) is 17.0. The Morgan fingerprint density at radius 3 is 3.10 bits per heavy atom. The topological polar surface area (TPSA) is 104 Å². The maximum absolute atomic E-state index is 12.9. The number of nitrogens with zero attached hydrogens (tertiary/aromatic N) is 5. The smallest absolute Gasteiger partial charge is 0.226 e. The lowest BCUT2D eigenvalue weighted by molar-refractivity contribution is -0.136. The zero-order valence-corrected chi connectivity index (χ0v) is 18.7. The molecule has 0 unspecified atom stereocenters. The van der Waals surface area contributed by atoms with E-state index in [1.165, 1.54) is 22.0 Å². The maximum Gasteiger partial charge on any atom is 0.226 e. The van der Waals surface area contributed by atoms with Gasteiger partial charge in [-0.05, 0) is 61.5 Å². The quantitative estimate of drug-likeness (QED) is 0.460. The number of likely N-dealkylation sites (N-methyl/N-ethyl adjacent to an activating group) is 1. The monoisotopic (exact) mass is 454 g/mol. The molecular weight excluding hydrogens is 432 g/mol. The molecule has 0 fully saturated rings. The number of fused-ring (bicyclic) bond motifs is 4. The van der Waals surface area contributed by atoms with Gasteiger partial charge in [0.1, 0.15) is 22.5 Å². The van der Waals surface area contributed by atoms with Gasteiger partial charge in [0.15, 0.2) is 0 Å². The minimum Gasteiger partial charge on any atom is -0.395 e. The first-order valence-electron chi connectivity index (χ1n) is 10.3. The zero-order chi connectivity index (χ0) is 21.4. The third kappa shape index (κ3) is 3.75. The van der Waals surface area contributed by atoms with Crippen LogP contribution in [-0.4, -0.2) is 55.2 Å². The third-order valence-corrected chi connectivity index (χ3v) is 7.62. The van der Waals surface area contributed by atoms with Crippen LogP contribution in [-0.2, 0) is 17.6 Å². The summed E-state index contributed by atoms with van der Waals surface area (Å²) in [6.07, 6.45) is 3.92. The standard InChI is InChI=1S/C21H22N6O2S2/c1-2-27(7-8-28)21(29)12-3-5-14-16(9-12)30-20-18(14)19(22-11-23-20)24-13-4-6-15-17(10-13)31-26-25-15/h4,6,10-12,28H,2-3,5,7-9H2,1H3,(H,22,23,24)/t12-/m0/s1. The molecule has 8 nitrogen and oxygen atoms in total. The summed E-state index contributed by atoms with van der Waals surface area (Å²) >= 11 is 3.02. The lowest BCUT2D eigenvalue weighted by atomic mass is 9.87. The summed E-state index contributed by atoms with van der Waals surface area (Å²) in [5.41, 5.74) is 3.07. The fourth-order valence-corrected chi connectivity index (χ4v) is 6.08. The summed E-state index contributed by atoms with van der Waals surface area (Å²) in [4.78, 5) is 25.8. The van der Waals surface area contributed by atoms with Gasteiger partial charge in [-0.3, -0.25) is 4.79 Å². The van der Waals surface area contributed by atoms with E-state index in [2.05, 4.69) is 24.9 Å². The molecule has 160 valence electrons. The van der Waals surface area contributed by atoms with Crippen LogP contribution in [0.3, 0.4) is 0 Å². The van der Waals surface area contributed by atoms with Gasteiger partial charge in [-0.2, -0.15) is 0 Å². The molecule has 1 aliphatic carbocycles. The van der Waals surface area contributed by atoms with E-state index in [1.54, 1.807) is 22.6 Å². The fourth-order valence-electron chi connectivity index (χ4n) is 4.21. The lowest BCUT2D eigenvalue weighted by Gasteiger charge is -2.28. The number of benzene rings is 1. The van der Waals surface area contributed by atoms with Gasteiger partial charge in [0.25, 0.3) is 0 Å². The highest BCUT2D eigenvalue weighted by molar-refractivity contribution is 7.19. The van der Waals surface area contributed by atoms with Crippen LogP contribution in [0.5, 0.6) is 0 Å². The van der Waals surface area contributed by atoms with Gasteiger partial charge in [0.2, 0.25) is 5.91 Å². The van der Waals surface area contributed by atoms with E-state index in [9.17, 15) is 9.90 Å². The Balaban J connectivity index is 1.44. The van der Waals surface area contributed by atoms with E-state index in [0.717, 1.165) is 51.2 Å². The van der Waals surface area contributed by atoms with Crippen molar-refractivity contribution in [1.29, 1.82) is 0 Å². The predicted octanol–water partition coefficient (Wildman–Crippen LogP) is 3.39. The minimum atomic E-state index is -0.0438. The average Bonchev–Trinajstić information content (AvgIpc) is 3.40. The molecule has 4 aromatic rings. The number of amides is 1. The first kappa shape index (κ1) is 20.2. The van der Waals surface area contributed by atoms with Gasteiger partial charge in [-0.25, -0.2) is 9.97 Å². The molecule has 0 spiro atoms. The first-order valence-corrected chi connectivity index (χ1v) is 11.9. The predicted molar refractivity (Wildman–Crippen MR) is 123 cm³/mol. The van der Waals surface area contributed by atoms with Crippen molar-refractivity contribution >= 4 is 60.7 Å².